The average Bonchev–Trinajstić information content (AvgIpc) is 2.67. The predicted molar refractivity (Wildman–Crippen MR) is 99.5 cm³/mol. The summed E-state index contributed by atoms with van der Waals surface area (Å²) in [4.78, 5) is 20.7. The molecule has 0 aliphatic carbocycles. The smallest absolute Gasteiger partial charge is 0.258 e. The molecule has 0 bridgehead atoms. The van der Waals surface area contributed by atoms with E-state index in [-0.39, 0.29) is 5.91 Å². The normalized spacial score (nSPS) is 10.2. The zero-order valence-electron chi connectivity index (χ0n) is 15.5. The lowest BCUT2D eigenvalue weighted by Gasteiger charge is -2.14. The molecule has 8 heteroatoms. The number of methoxy groups -OCH3 is 3. The molecule has 0 radical (unpaired) electrons. The minimum Gasteiger partial charge on any atom is -0.493 e. The van der Waals surface area contributed by atoms with E-state index in [1.54, 1.807) is 12.1 Å². The third-order valence-corrected chi connectivity index (χ3v) is 3.65. The minimum atomic E-state index is -0.334. The van der Waals surface area contributed by atoms with Gasteiger partial charge in [0.1, 0.15) is 0 Å². The number of amides is 1. The Morgan fingerprint density at radius 1 is 1.04 bits per heavy atom. The van der Waals surface area contributed by atoms with Gasteiger partial charge in [-0.3, -0.25) is 4.79 Å². The average molecular weight is 360 g/mol. The van der Waals surface area contributed by atoms with Gasteiger partial charge >= 0.3 is 0 Å². The van der Waals surface area contributed by atoms with Gasteiger partial charge in [0.2, 0.25) is 11.7 Å². The number of aromatic nitrogens is 2. The first kappa shape index (κ1) is 19.3. The number of hydrogen-bond acceptors (Lipinski definition) is 7. The molecule has 0 unspecified atom stereocenters. The van der Waals surface area contributed by atoms with Crippen molar-refractivity contribution in [3.05, 3.63) is 30.1 Å². The van der Waals surface area contributed by atoms with Gasteiger partial charge in [-0.1, -0.05) is 13.3 Å². The fraction of sp³-hybridized carbons (Fsp3) is 0.389. The fourth-order valence-corrected chi connectivity index (χ4v) is 2.27. The lowest BCUT2D eigenvalue weighted by molar-refractivity contribution is 0.102. The first-order chi connectivity index (χ1) is 12.6. The van der Waals surface area contributed by atoms with Crippen molar-refractivity contribution >= 4 is 17.5 Å². The predicted octanol–water partition coefficient (Wildman–Crippen LogP) is 2.97. The van der Waals surface area contributed by atoms with Gasteiger partial charge in [0.25, 0.3) is 5.91 Å². The molecule has 1 aromatic carbocycles. The van der Waals surface area contributed by atoms with E-state index in [2.05, 4.69) is 27.5 Å². The van der Waals surface area contributed by atoms with Crippen LogP contribution in [-0.4, -0.2) is 43.7 Å². The van der Waals surface area contributed by atoms with Crippen molar-refractivity contribution in [3.63, 3.8) is 0 Å². The summed E-state index contributed by atoms with van der Waals surface area (Å²) in [6.07, 6.45) is 5.08. The highest BCUT2D eigenvalue weighted by Crippen LogP contribution is 2.39. The molecular formula is C18H24N4O4. The van der Waals surface area contributed by atoms with Crippen molar-refractivity contribution in [2.45, 2.75) is 19.8 Å². The number of hydrogen-bond donors (Lipinski definition) is 2. The van der Waals surface area contributed by atoms with Crippen molar-refractivity contribution in [1.29, 1.82) is 0 Å². The van der Waals surface area contributed by atoms with Crippen molar-refractivity contribution in [1.82, 2.24) is 9.97 Å². The monoisotopic (exact) mass is 360 g/mol. The highest BCUT2D eigenvalue weighted by Gasteiger charge is 2.15. The Kier molecular flexibility index (Phi) is 7.02. The highest BCUT2D eigenvalue weighted by molar-refractivity contribution is 6.04. The van der Waals surface area contributed by atoms with Crippen LogP contribution in [0.1, 0.15) is 30.1 Å². The van der Waals surface area contributed by atoms with Gasteiger partial charge < -0.3 is 24.8 Å². The van der Waals surface area contributed by atoms with Gasteiger partial charge in [0.05, 0.1) is 26.9 Å². The third kappa shape index (κ3) is 4.75. The van der Waals surface area contributed by atoms with E-state index in [0.717, 1.165) is 19.4 Å². The molecule has 0 aliphatic heterocycles. The number of carbonyl (C=O) groups excluding carboxylic acids is 1. The third-order valence-electron chi connectivity index (χ3n) is 3.65. The number of anilines is 2. The van der Waals surface area contributed by atoms with E-state index in [0.29, 0.717) is 34.4 Å². The van der Waals surface area contributed by atoms with Gasteiger partial charge in [-0.2, -0.15) is 0 Å². The number of nitrogens with zero attached hydrogens (tertiary/aromatic N) is 2. The fourth-order valence-electron chi connectivity index (χ4n) is 2.27. The zero-order valence-corrected chi connectivity index (χ0v) is 15.5. The summed E-state index contributed by atoms with van der Waals surface area (Å²) in [5, 5.41) is 5.88. The summed E-state index contributed by atoms with van der Waals surface area (Å²) in [7, 11) is 4.55. The SMILES string of the molecule is CCCCNc1ncc(C(=O)Nc2cc(OC)c(OC)c(OC)c2)cn1. The molecule has 26 heavy (non-hydrogen) atoms. The summed E-state index contributed by atoms with van der Waals surface area (Å²) in [5.41, 5.74) is 0.856. The van der Waals surface area contributed by atoms with Gasteiger partial charge in [-0.05, 0) is 6.42 Å². The van der Waals surface area contributed by atoms with Crippen LogP contribution in [0.3, 0.4) is 0 Å². The second-order valence-electron chi connectivity index (χ2n) is 5.44. The molecule has 2 N–H and O–H groups in total. The first-order valence-corrected chi connectivity index (χ1v) is 8.30. The van der Waals surface area contributed by atoms with E-state index in [1.807, 2.05) is 0 Å². The number of nitrogens with one attached hydrogen (secondary N) is 2. The molecule has 0 spiro atoms. The van der Waals surface area contributed by atoms with E-state index in [1.165, 1.54) is 33.7 Å². The van der Waals surface area contributed by atoms with Gasteiger partial charge in [0.15, 0.2) is 11.5 Å². The number of benzene rings is 1. The van der Waals surface area contributed by atoms with Crippen LogP contribution in [0.25, 0.3) is 0 Å². The summed E-state index contributed by atoms with van der Waals surface area (Å²) < 4.78 is 15.8. The van der Waals surface area contributed by atoms with E-state index >= 15 is 0 Å². The van der Waals surface area contributed by atoms with Crippen LogP contribution >= 0.6 is 0 Å². The van der Waals surface area contributed by atoms with Crippen molar-refractivity contribution in [2.75, 3.05) is 38.5 Å². The number of carbonyl (C=O) groups is 1. The van der Waals surface area contributed by atoms with Crippen LogP contribution in [0.5, 0.6) is 17.2 Å². The summed E-state index contributed by atoms with van der Waals surface area (Å²) in [6.45, 7) is 2.91. The molecule has 0 saturated carbocycles. The molecule has 0 aliphatic rings. The highest BCUT2D eigenvalue weighted by atomic mass is 16.5. The molecule has 0 fully saturated rings. The van der Waals surface area contributed by atoms with Crippen LogP contribution < -0.4 is 24.8 Å². The number of rotatable bonds is 9. The van der Waals surface area contributed by atoms with Crippen LogP contribution in [0.15, 0.2) is 24.5 Å². The van der Waals surface area contributed by atoms with Crippen LogP contribution in [0, 0.1) is 0 Å². The van der Waals surface area contributed by atoms with E-state index in [4.69, 9.17) is 14.2 Å². The van der Waals surface area contributed by atoms with Crippen LogP contribution in [0.4, 0.5) is 11.6 Å². The Labute approximate surface area is 152 Å². The Balaban J connectivity index is 2.11. The molecule has 140 valence electrons. The maximum absolute atomic E-state index is 12.4. The number of ether oxygens (including phenoxy) is 3. The van der Waals surface area contributed by atoms with Crippen molar-refractivity contribution in [3.8, 4) is 17.2 Å². The molecular weight excluding hydrogens is 336 g/mol. The standard InChI is InChI=1S/C18H24N4O4/c1-5-6-7-19-18-20-10-12(11-21-18)17(23)22-13-8-14(24-2)16(26-4)15(9-13)25-3/h8-11H,5-7H2,1-4H3,(H,22,23)(H,19,20,21). The van der Waals surface area contributed by atoms with E-state index < -0.39 is 0 Å². The summed E-state index contributed by atoms with van der Waals surface area (Å²) >= 11 is 0. The Morgan fingerprint density at radius 2 is 1.65 bits per heavy atom. The van der Waals surface area contributed by atoms with Gasteiger partial charge in [-0.15, -0.1) is 0 Å². The van der Waals surface area contributed by atoms with E-state index in [9.17, 15) is 4.79 Å². The molecule has 2 aromatic rings. The zero-order chi connectivity index (χ0) is 18.9. The molecule has 1 heterocycles. The summed E-state index contributed by atoms with van der Waals surface area (Å²) in [5.74, 6) is 1.53. The largest absolute Gasteiger partial charge is 0.493 e. The van der Waals surface area contributed by atoms with Gasteiger partial charge in [0, 0.05) is 36.8 Å². The quantitative estimate of drug-likeness (QED) is 0.664. The lowest BCUT2D eigenvalue weighted by Crippen LogP contribution is -2.14. The Hall–Kier alpha value is -3.03. The Morgan fingerprint density at radius 3 is 2.15 bits per heavy atom. The lowest BCUT2D eigenvalue weighted by atomic mass is 10.2. The molecule has 1 aromatic heterocycles. The second kappa shape index (κ2) is 9.45. The molecule has 2 rings (SSSR count). The first-order valence-electron chi connectivity index (χ1n) is 8.30. The van der Waals surface area contributed by atoms with Crippen LogP contribution in [0.2, 0.25) is 0 Å². The second-order valence-corrected chi connectivity index (χ2v) is 5.44. The molecule has 0 saturated heterocycles. The minimum absolute atomic E-state index is 0.334. The molecule has 8 nitrogen and oxygen atoms in total. The van der Waals surface area contributed by atoms with Crippen molar-refractivity contribution in [2.24, 2.45) is 0 Å². The molecule has 0 atom stereocenters. The summed E-state index contributed by atoms with van der Waals surface area (Å²) in [6, 6.07) is 3.31. The Bertz CT molecular complexity index is 709. The maximum Gasteiger partial charge on any atom is 0.258 e. The number of unbranched alkanes of at least 4 members (excludes halogenated alkanes) is 1. The van der Waals surface area contributed by atoms with Crippen molar-refractivity contribution < 1.29 is 19.0 Å². The van der Waals surface area contributed by atoms with Crippen LogP contribution in [-0.2, 0) is 0 Å². The molecule has 1 amide bonds. The van der Waals surface area contributed by atoms with Gasteiger partial charge in [-0.25, -0.2) is 9.97 Å². The topological polar surface area (TPSA) is 94.6 Å². The maximum atomic E-state index is 12.4.